The van der Waals surface area contributed by atoms with Crippen LogP contribution >= 0.6 is 11.6 Å². The maximum Gasteiger partial charge on any atom is 0.330 e. The van der Waals surface area contributed by atoms with E-state index in [1.807, 2.05) is 50.2 Å². The molecule has 0 bridgehead atoms. The van der Waals surface area contributed by atoms with Crippen LogP contribution in [0.1, 0.15) is 27.7 Å². The summed E-state index contributed by atoms with van der Waals surface area (Å²) in [6.45, 7) is 7.18. The molecular formula is C18H19BClO3. The molecular weight excluding hydrogens is 310 g/mol. The molecule has 0 fully saturated rings. The summed E-state index contributed by atoms with van der Waals surface area (Å²) in [5, 5.41) is 12.8. The Hall–Kier alpha value is -1.49. The molecule has 0 aliphatic heterocycles. The quantitative estimate of drug-likeness (QED) is 0.734. The van der Waals surface area contributed by atoms with Gasteiger partial charge in [0.1, 0.15) is 11.2 Å². The lowest BCUT2D eigenvalue weighted by Crippen LogP contribution is -2.49. The number of aliphatic hydroxyl groups is 1. The summed E-state index contributed by atoms with van der Waals surface area (Å²) in [6.07, 6.45) is 0. The van der Waals surface area contributed by atoms with Gasteiger partial charge in [-0.3, -0.25) is 0 Å². The molecule has 0 aliphatic carbocycles. The first kappa shape index (κ1) is 16.4. The third kappa shape index (κ3) is 3.11. The second-order valence-electron chi connectivity index (χ2n) is 6.80. The van der Waals surface area contributed by atoms with Gasteiger partial charge < -0.3 is 14.2 Å². The minimum absolute atomic E-state index is 0.651. The molecule has 0 aliphatic rings. The molecule has 0 saturated carbocycles. The molecule has 0 atom stereocenters. The fourth-order valence-electron chi connectivity index (χ4n) is 2.20. The van der Waals surface area contributed by atoms with Crippen molar-refractivity contribution in [1.29, 1.82) is 0 Å². The SMILES string of the molecule is CC(C)(O)C(C)(C)O[B]c1ccc2oc3cc(Cl)ccc3c2c1. The van der Waals surface area contributed by atoms with E-state index < -0.39 is 11.2 Å². The molecule has 0 saturated heterocycles. The van der Waals surface area contributed by atoms with Crippen LogP contribution in [0, 0.1) is 0 Å². The predicted octanol–water partition coefficient (Wildman–Crippen LogP) is 4.05. The van der Waals surface area contributed by atoms with Crippen LogP contribution in [0.25, 0.3) is 21.9 Å². The first-order chi connectivity index (χ1) is 10.7. The van der Waals surface area contributed by atoms with Crippen molar-refractivity contribution in [3.8, 4) is 0 Å². The van der Waals surface area contributed by atoms with Gasteiger partial charge in [-0.25, -0.2) is 0 Å². The fourth-order valence-corrected chi connectivity index (χ4v) is 2.36. The van der Waals surface area contributed by atoms with Gasteiger partial charge in [0.15, 0.2) is 0 Å². The van der Waals surface area contributed by atoms with Crippen LogP contribution in [0.4, 0.5) is 0 Å². The Morgan fingerprint density at radius 3 is 2.43 bits per heavy atom. The molecule has 1 heterocycles. The van der Waals surface area contributed by atoms with Crippen molar-refractivity contribution in [3.63, 3.8) is 0 Å². The maximum absolute atomic E-state index is 10.2. The molecule has 0 spiro atoms. The van der Waals surface area contributed by atoms with Crippen LogP contribution in [0.3, 0.4) is 0 Å². The van der Waals surface area contributed by atoms with Gasteiger partial charge in [-0.05, 0) is 45.9 Å². The van der Waals surface area contributed by atoms with Crippen molar-refractivity contribution < 1.29 is 14.2 Å². The van der Waals surface area contributed by atoms with Gasteiger partial charge in [-0.15, -0.1) is 0 Å². The van der Waals surface area contributed by atoms with Crippen LogP contribution in [0.5, 0.6) is 0 Å². The Kier molecular flexibility index (Phi) is 3.95. The molecule has 5 heteroatoms. The summed E-state index contributed by atoms with van der Waals surface area (Å²) in [7, 11) is 1.67. The zero-order valence-corrected chi connectivity index (χ0v) is 14.4. The largest absolute Gasteiger partial charge is 0.456 e. The van der Waals surface area contributed by atoms with Crippen LogP contribution < -0.4 is 5.46 Å². The summed E-state index contributed by atoms with van der Waals surface area (Å²) in [5.74, 6) is 0. The number of furan rings is 1. The van der Waals surface area contributed by atoms with Crippen molar-refractivity contribution in [3.05, 3.63) is 41.4 Å². The Balaban J connectivity index is 1.92. The smallest absolute Gasteiger partial charge is 0.330 e. The number of hydrogen-bond acceptors (Lipinski definition) is 3. The summed E-state index contributed by atoms with van der Waals surface area (Å²) in [6, 6.07) is 11.5. The topological polar surface area (TPSA) is 42.6 Å². The van der Waals surface area contributed by atoms with Gasteiger partial charge in [0.25, 0.3) is 0 Å². The van der Waals surface area contributed by atoms with Crippen LogP contribution in [0.2, 0.25) is 5.02 Å². The molecule has 23 heavy (non-hydrogen) atoms. The molecule has 3 aromatic rings. The molecule has 1 N–H and O–H groups in total. The minimum atomic E-state index is -0.952. The van der Waals surface area contributed by atoms with Gasteiger partial charge in [0, 0.05) is 21.9 Å². The van der Waals surface area contributed by atoms with E-state index in [4.69, 9.17) is 20.7 Å². The van der Waals surface area contributed by atoms with Crippen LogP contribution in [-0.2, 0) is 4.65 Å². The van der Waals surface area contributed by atoms with Gasteiger partial charge >= 0.3 is 7.48 Å². The average molecular weight is 330 g/mol. The molecule has 0 unspecified atom stereocenters. The lowest BCUT2D eigenvalue weighted by atomic mass is 9.82. The number of fused-ring (bicyclic) bond motifs is 3. The van der Waals surface area contributed by atoms with E-state index in [0.717, 1.165) is 27.4 Å². The number of rotatable bonds is 4. The molecule has 119 valence electrons. The molecule has 3 rings (SSSR count). The second-order valence-corrected chi connectivity index (χ2v) is 7.24. The zero-order chi connectivity index (χ0) is 16.8. The molecule has 2 aromatic carbocycles. The number of hydrogen-bond donors (Lipinski definition) is 1. The van der Waals surface area contributed by atoms with E-state index in [0.29, 0.717) is 5.02 Å². The highest BCUT2D eigenvalue weighted by Crippen LogP contribution is 2.30. The third-order valence-electron chi connectivity index (χ3n) is 4.42. The summed E-state index contributed by atoms with van der Waals surface area (Å²) in [5.41, 5.74) is 0.830. The Labute approximate surface area is 141 Å². The second kappa shape index (κ2) is 5.55. The minimum Gasteiger partial charge on any atom is -0.456 e. The highest BCUT2D eigenvalue weighted by Gasteiger charge is 2.35. The van der Waals surface area contributed by atoms with Crippen molar-refractivity contribution >= 4 is 46.5 Å². The highest BCUT2D eigenvalue weighted by atomic mass is 35.5. The first-order valence-electron chi connectivity index (χ1n) is 7.53. The average Bonchev–Trinajstić information content (AvgIpc) is 2.80. The highest BCUT2D eigenvalue weighted by molar-refractivity contribution is 6.47. The van der Waals surface area contributed by atoms with E-state index in [1.54, 1.807) is 21.3 Å². The lowest BCUT2D eigenvalue weighted by molar-refractivity contribution is -0.0893. The van der Waals surface area contributed by atoms with Crippen molar-refractivity contribution in [1.82, 2.24) is 0 Å². The van der Waals surface area contributed by atoms with Gasteiger partial charge in [-0.2, -0.15) is 0 Å². The van der Waals surface area contributed by atoms with E-state index >= 15 is 0 Å². The Morgan fingerprint density at radius 2 is 1.74 bits per heavy atom. The molecule has 1 aromatic heterocycles. The van der Waals surface area contributed by atoms with Crippen molar-refractivity contribution in [2.24, 2.45) is 0 Å². The monoisotopic (exact) mass is 329 g/mol. The number of benzene rings is 2. The van der Waals surface area contributed by atoms with Crippen LogP contribution in [0.15, 0.2) is 40.8 Å². The fraction of sp³-hybridized carbons (Fsp3) is 0.333. The van der Waals surface area contributed by atoms with Gasteiger partial charge in [-0.1, -0.05) is 29.2 Å². The molecule has 3 nitrogen and oxygen atoms in total. The van der Waals surface area contributed by atoms with E-state index in [9.17, 15) is 5.11 Å². The Morgan fingerprint density at radius 1 is 1.00 bits per heavy atom. The number of halogens is 1. The first-order valence-corrected chi connectivity index (χ1v) is 7.90. The third-order valence-corrected chi connectivity index (χ3v) is 4.66. The summed E-state index contributed by atoms with van der Waals surface area (Å²) < 4.78 is 11.6. The summed E-state index contributed by atoms with van der Waals surface area (Å²) >= 11 is 6.01. The van der Waals surface area contributed by atoms with Crippen molar-refractivity contribution in [2.75, 3.05) is 0 Å². The van der Waals surface area contributed by atoms with Gasteiger partial charge in [0.2, 0.25) is 0 Å². The predicted molar refractivity (Wildman–Crippen MR) is 95.6 cm³/mol. The maximum atomic E-state index is 10.2. The normalized spacial score (nSPS) is 13.0. The molecule has 0 amide bonds. The Bertz CT molecular complexity index is 862. The lowest BCUT2D eigenvalue weighted by Gasteiger charge is -2.37. The van der Waals surface area contributed by atoms with Crippen LogP contribution in [-0.4, -0.2) is 23.8 Å². The summed E-state index contributed by atoms with van der Waals surface area (Å²) in [4.78, 5) is 0. The van der Waals surface area contributed by atoms with Crippen molar-refractivity contribution in [2.45, 2.75) is 38.9 Å². The van der Waals surface area contributed by atoms with Gasteiger partial charge in [0.05, 0.1) is 11.2 Å². The van der Waals surface area contributed by atoms with E-state index in [-0.39, 0.29) is 0 Å². The van der Waals surface area contributed by atoms with E-state index in [2.05, 4.69) is 0 Å². The van der Waals surface area contributed by atoms with E-state index in [1.165, 1.54) is 0 Å². The zero-order valence-electron chi connectivity index (χ0n) is 13.7. The molecule has 1 radical (unpaired) electrons. The standard InChI is InChI=1S/C18H19BClO3/c1-17(2,21)18(3,4)23-19-11-5-8-15-14(9-11)13-7-6-12(20)10-16(13)22-15/h5-10,21H,1-4H3.